The molecule has 0 unspecified atom stereocenters. The van der Waals surface area contributed by atoms with Crippen LogP contribution in [0.3, 0.4) is 0 Å². The number of fused-ring (bicyclic) bond motifs is 1. The Morgan fingerprint density at radius 1 is 1.17 bits per heavy atom. The van der Waals surface area contributed by atoms with Crippen LogP contribution in [0.15, 0.2) is 64.1 Å². The minimum absolute atomic E-state index is 0.0969. The maximum Gasteiger partial charge on any atom is 0.290 e. The van der Waals surface area contributed by atoms with Crippen LogP contribution >= 0.6 is 0 Å². The molecule has 5 heteroatoms. The van der Waals surface area contributed by atoms with Gasteiger partial charge in [-0.2, -0.15) is 0 Å². The fraction of sp³-hybridized carbons (Fsp3) is 0.211. The molecule has 1 saturated carbocycles. The van der Waals surface area contributed by atoms with E-state index >= 15 is 0 Å². The summed E-state index contributed by atoms with van der Waals surface area (Å²) in [6.45, 7) is 0.489. The fourth-order valence-electron chi connectivity index (χ4n) is 2.79. The Bertz CT molecular complexity index is 945. The summed E-state index contributed by atoms with van der Waals surface area (Å²) in [4.78, 5) is 30.9. The summed E-state index contributed by atoms with van der Waals surface area (Å²) >= 11 is 0. The number of aromatic nitrogens is 1. The molecular formula is C19H16N2O3. The minimum Gasteiger partial charge on any atom is -0.451 e. The minimum atomic E-state index is -0.239. The van der Waals surface area contributed by atoms with E-state index < -0.39 is 0 Å². The number of carbonyl (C=O) groups excluding carboxylic acids is 1. The number of amides is 1. The first-order valence-corrected chi connectivity index (χ1v) is 7.95. The molecule has 1 aliphatic carbocycles. The van der Waals surface area contributed by atoms with Gasteiger partial charge in [0.05, 0.1) is 5.39 Å². The van der Waals surface area contributed by atoms with Crippen LogP contribution in [-0.4, -0.2) is 21.8 Å². The molecule has 3 aromatic rings. The number of para-hydroxylation sites is 1. The molecule has 1 fully saturated rings. The summed E-state index contributed by atoms with van der Waals surface area (Å²) in [7, 11) is 0. The highest BCUT2D eigenvalue weighted by molar-refractivity contribution is 5.93. The zero-order valence-electron chi connectivity index (χ0n) is 13.0. The highest BCUT2D eigenvalue weighted by atomic mass is 16.3. The third-order valence-electron chi connectivity index (χ3n) is 4.20. The topological polar surface area (TPSA) is 63.4 Å². The average Bonchev–Trinajstić information content (AvgIpc) is 3.45. The number of hydrogen-bond donors (Lipinski definition) is 0. The summed E-state index contributed by atoms with van der Waals surface area (Å²) in [5, 5.41) is 0.487. The van der Waals surface area contributed by atoms with Gasteiger partial charge in [0, 0.05) is 31.0 Å². The summed E-state index contributed by atoms with van der Waals surface area (Å²) in [5.74, 6) is -0.142. The third-order valence-corrected chi connectivity index (χ3v) is 4.20. The molecule has 0 radical (unpaired) electrons. The van der Waals surface area contributed by atoms with Crippen LogP contribution in [0.4, 0.5) is 0 Å². The van der Waals surface area contributed by atoms with Gasteiger partial charge >= 0.3 is 0 Å². The lowest BCUT2D eigenvalue weighted by atomic mass is 10.2. The maximum atomic E-state index is 12.9. The predicted molar refractivity (Wildman–Crippen MR) is 89.6 cm³/mol. The van der Waals surface area contributed by atoms with E-state index in [2.05, 4.69) is 4.98 Å². The van der Waals surface area contributed by atoms with Crippen LogP contribution in [0.2, 0.25) is 0 Å². The van der Waals surface area contributed by atoms with Crippen molar-refractivity contribution in [2.75, 3.05) is 0 Å². The quantitative estimate of drug-likeness (QED) is 0.741. The zero-order chi connectivity index (χ0) is 16.5. The van der Waals surface area contributed by atoms with Gasteiger partial charge in [0.25, 0.3) is 5.91 Å². The van der Waals surface area contributed by atoms with Gasteiger partial charge < -0.3 is 9.32 Å². The molecule has 1 amide bonds. The Hall–Kier alpha value is -2.95. The first kappa shape index (κ1) is 14.6. The molecule has 2 aromatic heterocycles. The van der Waals surface area contributed by atoms with E-state index in [1.54, 1.807) is 41.6 Å². The molecule has 24 heavy (non-hydrogen) atoms. The monoisotopic (exact) mass is 320 g/mol. The summed E-state index contributed by atoms with van der Waals surface area (Å²) in [6.07, 6.45) is 5.38. The Kier molecular flexibility index (Phi) is 3.61. The van der Waals surface area contributed by atoms with Crippen LogP contribution in [-0.2, 0) is 6.54 Å². The van der Waals surface area contributed by atoms with Gasteiger partial charge in [0.2, 0.25) is 0 Å². The van der Waals surface area contributed by atoms with Gasteiger partial charge in [-0.25, -0.2) is 0 Å². The van der Waals surface area contributed by atoms with Gasteiger partial charge in [0.1, 0.15) is 5.58 Å². The molecule has 0 spiro atoms. The molecule has 0 N–H and O–H groups in total. The average molecular weight is 320 g/mol. The van der Waals surface area contributed by atoms with Crippen molar-refractivity contribution in [3.63, 3.8) is 0 Å². The van der Waals surface area contributed by atoms with Gasteiger partial charge in [-0.1, -0.05) is 12.1 Å². The van der Waals surface area contributed by atoms with Crippen molar-refractivity contribution >= 4 is 16.9 Å². The van der Waals surface area contributed by atoms with Crippen molar-refractivity contribution < 1.29 is 9.21 Å². The summed E-state index contributed by atoms with van der Waals surface area (Å²) in [6, 6.07) is 12.3. The number of hydrogen-bond acceptors (Lipinski definition) is 4. The molecule has 2 heterocycles. The van der Waals surface area contributed by atoms with E-state index in [0.29, 0.717) is 17.5 Å². The number of rotatable bonds is 4. The Morgan fingerprint density at radius 2 is 1.92 bits per heavy atom. The van der Waals surface area contributed by atoms with E-state index in [0.717, 1.165) is 18.4 Å². The zero-order valence-corrected chi connectivity index (χ0v) is 13.0. The molecule has 5 nitrogen and oxygen atoms in total. The first-order chi connectivity index (χ1) is 11.7. The predicted octanol–water partition coefficient (Wildman–Crippen LogP) is 2.99. The lowest BCUT2D eigenvalue weighted by molar-refractivity contribution is 0.0698. The standard InChI is InChI=1S/C19H16N2O3/c22-16-11-18(24-17-4-2-1-3-15(16)17)19(23)21(14-5-6-14)12-13-7-9-20-10-8-13/h1-4,7-11,14H,5-6,12H2. The van der Waals surface area contributed by atoms with Crippen LogP contribution in [0.25, 0.3) is 11.0 Å². The maximum absolute atomic E-state index is 12.9. The van der Waals surface area contributed by atoms with Crippen molar-refractivity contribution in [3.05, 3.63) is 76.4 Å². The molecular weight excluding hydrogens is 304 g/mol. The van der Waals surface area contributed by atoms with Crippen LogP contribution < -0.4 is 5.43 Å². The Labute approximate surface area is 138 Å². The molecule has 120 valence electrons. The highest BCUT2D eigenvalue weighted by Gasteiger charge is 2.34. The fourth-order valence-corrected chi connectivity index (χ4v) is 2.79. The van der Waals surface area contributed by atoms with Crippen molar-refractivity contribution in [1.82, 2.24) is 9.88 Å². The molecule has 1 aromatic carbocycles. The second-order valence-corrected chi connectivity index (χ2v) is 5.99. The third kappa shape index (κ3) is 2.80. The lowest BCUT2D eigenvalue weighted by Gasteiger charge is -2.21. The number of carbonyl (C=O) groups is 1. The van der Waals surface area contributed by atoms with Crippen molar-refractivity contribution in [1.29, 1.82) is 0 Å². The Morgan fingerprint density at radius 3 is 2.67 bits per heavy atom. The van der Waals surface area contributed by atoms with Crippen molar-refractivity contribution in [2.24, 2.45) is 0 Å². The van der Waals surface area contributed by atoms with Crippen LogP contribution in [0.5, 0.6) is 0 Å². The second kappa shape index (κ2) is 5.92. The first-order valence-electron chi connectivity index (χ1n) is 7.95. The van der Waals surface area contributed by atoms with Gasteiger partial charge in [0.15, 0.2) is 11.2 Å². The van der Waals surface area contributed by atoms with Crippen molar-refractivity contribution in [3.8, 4) is 0 Å². The van der Waals surface area contributed by atoms with E-state index in [-0.39, 0.29) is 23.1 Å². The van der Waals surface area contributed by atoms with Gasteiger partial charge in [-0.15, -0.1) is 0 Å². The molecule has 0 aliphatic heterocycles. The molecule has 1 aliphatic rings. The molecule has 0 saturated heterocycles. The number of nitrogens with zero attached hydrogens (tertiary/aromatic N) is 2. The summed E-state index contributed by atoms with van der Waals surface area (Å²) in [5.41, 5.74) is 1.25. The van der Waals surface area contributed by atoms with Crippen LogP contribution in [0, 0.1) is 0 Å². The SMILES string of the molecule is O=C(c1cc(=O)c2ccccc2o1)N(Cc1ccncc1)C1CC1. The Balaban J connectivity index is 1.69. The van der Waals surface area contributed by atoms with E-state index in [9.17, 15) is 9.59 Å². The second-order valence-electron chi connectivity index (χ2n) is 5.99. The van der Waals surface area contributed by atoms with Gasteiger partial charge in [-0.05, 0) is 42.7 Å². The van der Waals surface area contributed by atoms with E-state index in [1.807, 2.05) is 12.1 Å². The molecule has 0 bridgehead atoms. The summed E-state index contributed by atoms with van der Waals surface area (Å²) < 4.78 is 5.70. The lowest BCUT2D eigenvalue weighted by Crippen LogP contribution is -2.33. The smallest absolute Gasteiger partial charge is 0.290 e. The van der Waals surface area contributed by atoms with Gasteiger partial charge in [-0.3, -0.25) is 14.6 Å². The molecule has 4 rings (SSSR count). The normalized spacial score (nSPS) is 13.8. The molecule has 0 atom stereocenters. The number of pyridine rings is 1. The van der Waals surface area contributed by atoms with Crippen LogP contribution in [0.1, 0.15) is 29.0 Å². The highest BCUT2D eigenvalue weighted by Crippen LogP contribution is 2.30. The van der Waals surface area contributed by atoms with E-state index in [4.69, 9.17) is 4.42 Å². The van der Waals surface area contributed by atoms with E-state index in [1.165, 1.54) is 6.07 Å². The van der Waals surface area contributed by atoms with Crippen molar-refractivity contribution in [2.45, 2.75) is 25.4 Å². The number of benzene rings is 1. The largest absolute Gasteiger partial charge is 0.451 e.